The molecule has 0 unspecified atom stereocenters. The van der Waals surface area contributed by atoms with Crippen LogP contribution in [0.5, 0.6) is 0 Å². The number of nitrogens with one attached hydrogen (secondary N) is 1. The van der Waals surface area contributed by atoms with Crippen molar-refractivity contribution < 1.29 is 9.90 Å². The molecular weight excluding hydrogens is 370 g/mol. The molecular formula is C22H23N3O2S. The van der Waals surface area contributed by atoms with Crippen LogP contribution in [0.15, 0.2) is 49.1 Å². The van der Waals surface area contributed by atoms with Gasteiger partial charge >= 0.3 is 5.97 Å². The highest BCUT2D eigenvalue weighted by Gasteiger charge is 2.15. The number of allylic oxidation sites excluding steroid dienone is 1. The van der Waals surface area contributed by atoms with Gasteiger partial charge in [-0.15, -0.1) is 17.9 Å². The van der Waals surface area contributed by atoms with Crippen LogP contribution in [-0.2, 0) is 19.3 Å². The normalized spacial score (nSPS) is 10.6. The van der Waals surface area contributed by atoms with Gasteiger partial charge in [0.2, 0.25) is 0 Å². The van der Waals surface area contributed by atoms with Crippen molar-refractivity contribution >= 4 is 28.8 Å². The predicted molar refractivity (Wildman–Crippen MR) is 115 cm³/mol. The third-order valence-corrected chi connectivity index (χ3v) is 5.63. The molecule has 0 bridgehead atoms. The largest absolute Gasteiger partial charge is 0.478 e. The number of rotatable bonds is 8. The maximum absolute atomic E-state index is 11.1. The number of aryl methyl sites for hydroxylation is 2. The lowest BCUT2D eigenvalue weighted by Crippen LogP contribution is -2.07. The maximum atomic E-state index is 11.1. The Morgan fingerprint density at radius 1 is 1.14 bits per heavy atom. The zero-order valence-corrected chi connectivity index (χ0v) is 16.8. The molecule has 0 saturated carbocycles. The Hall–Kier alpha value is -2.99. The minimum absolute atomic E-state index is 0.250. The number of carbonyl (C=O) groups is 1. The highest BCUT2D eigenvalue weighted by molar-refractivity contribution is 7.15. The van der Waals surface area contributed by atoms with Gasteiger partial charge in [-0.3, -0.25) is 0 Å². The fraction of sp³-hybridized carbons (Fsp3) is 0.227. The molecule has 1 aromatic carbocycles. The standard InChI is InChI=1S/C22H23N3O2S/c1-4-7-17-18(6-3)24-21(19-13-12-16(5-2)28-19)25-20(17)23-15-10-8-14(9-11-15)22(26)27/h4,8-13H,1,5-7H2,2-3H3,(H,26,27)(H,23,24,25). The van der Waals surface area contributed by atoms with Crippen molar-refractivity contribution in [3.8, 4) is 10.7 Å². The molecule has 5 nitrogen and oxygen atoms in total. The number of hydrogen-bond acceptors (Lipinski definition) is 5. The second-order valence-corrected chi connectivity index (χ2v) is 7.46. The molecule has 28 heavy (non-hydrogen) atoms. The molecule has 0 atom stereocenters. The van der Waals surface area contributed by atoms with Gasteiger partial charge in [-0.25, -0.2) is 14.8 Å². The van der Waals surface area contributed by atoms with Crippen molar-refractivity contribution in [3.05, 3.63) is 70.8 Å². The number of benzene rings is 1. The first-order chi connectivity index (χ1) is 13.5. The summed E-state index contributed by atoms with van der Waals surface area (Å²) >= 11 is 1.71. The Balaban J connectivity index is 2.04. The fourth-order valence-corrected chi connectivity index (χ4v) is 3.80. The van der Waals surface area contributed by atoms with E-state index in [1.54, 1.807) is 35.6 Å². The van der Waals surface area contributed by atoms with Crippen LogP contribution >= 0.6 is 11.3 Å². The summed E-state index contributed by atoms with van der Waals surface area (Å²) in [7, 11) is 0. The first-order valence-corrected chi connectivity index (χ1v) is 10.1. The van der Waals surface area contributed by atoms with Crippen molar-refractivity contribution in [2.45, 2.75) is 33.1 Å². The molecule has 3 rings (SSSR count). The lowest BCUT2D eigenvalue weighted by atomic mass is 10.1. The summed E-state index contributed by atoms with van der Waals surface area (Å²) < 4.78 is 0. The molecule has 0 fully saturated rings. The van der Waals surface area contributed by atoms with E-state index in [0.717, 1.165) is 40.5 Å². The minimum Gasteiger partial charge on any atom is -0.478 e. The number of thiophene rings is 1. The van der Waals surface area contributed by atoms with Crippen LogP contribution in [0.25, 0.3) is 10.7 Å². The van der Waals surface area contributed by atoms with E-state index in [9.17, 15) is 4.79 Å². The lowest BCUT2D eigenvalue weighted by Gasteiger charge is -2.15. The molecule has 2 N–H and O–H groups in total. The second-order valence-electron chi connectivity index (χ2n) is 6.29. The third kappa shape index (κ3) is 4.28. The fourth-order valence-electron chi connectivity index (χ4n) is 2.92. The molecule has 0 aliphatic heterocycles. The number of aromatic nitrogens is 2. The molecule has 0 amide bonds. The molecule has 2 aromatic heterocycles. The maximum Gasteiger partial charge on any atom is 0.335 e. The van der Waals surface area contributed by atoms with Crippen LogP contribution < -0.4 is 5.32 Å². The van der Waals surface area contributed by atoms with Crippen LogP contribution in [0.3, 0.4) is 0 Å². The van der Waals surface area contributed by atoms with Gasteiger partial charge in [0.15, 0.2) is 5.82 Å². The van der Waals surface area contributed by atoms with E-state index in [-0.39, 0.29) is 5.56 Å². The van der Waals surface area contributed by atoms with E-state index in [2.05, 4.69) is 37.9 Å². The molecule has 2 heterocycles. The molecule has 144 valence electrons. The molecule has 0 aliphatic rings. The first-order valence-electron chi connectivity index (χ1n) is 9.25. The molecule has 0 radical (unpaired) electrons. The number of aromatic carboxylic acids is 1. The average Bonchev–Trinajstić information content (AvgIpc) is 3.19. The van der Waals surface area contributed by atoms with Crippen molar-refractivity contribution in [1.29, 1.82) is 0 Å². The van der Waals surface area contributed by atoms with E-state index in [1.807, 2.05) is 6.08 Å². The third-order valence-electron chi connectivity index (χ3n) is 4.40. The van der Waals surface area contributed by atoms with Crippen LogP contribution in [0.2, 0.25) is 0 Å². The molecule has 0 saturated heterocycles. The highest BCUT2D eigenvalue weighted by atomic mass is 32.1. The molecule has 0 aliphatic carbocycles. The average molecular weight is 394 g/mol. The molecule has 6 heteroatoms. The number of carboxylic acids is 1. The van der Waals surface area contributed by atoms with E-state index in [0.29, 0.717) is 12.2 Å². The first kappa shape index (κ1) is 19.8. The van der Waals surface area contributed by atoms with Gasteiger partial charge in [-0.05, 0) is 55.7 Å². The van der Waals surface area contributed by atoms with Crippen LogP contribution in [0.1, 0.15) is 40.3 Å². The Bertz CT molecular complexity index is 994. The van der Waals surface area contributed by atoms with Gasteiger partial charge in [0, 0.05) is 21.8 Å². The summed E-state index contributed by atoms with van der Waals surface area (Å²) in [5, 5.41) is 12.4. The Morgan fingerprint density at radius 3 is 2.46 bits per heavy atom. The SMILES string of the molecule is C=CCc1c(CC)nc(-c2ccc(CC)s2)nc1Nc1ccc(C(=O)O)cc1. The van der Waals surface area contributed by atoms with E-state index in [4.69, 9.17) is 15.1 Å². The Labute approximate surface area is 168 Å². The van der Waals surface area contributed by atoms with E-state index < -0.39 is 5.97 Å². The Morgan fingerprint density at radius 2 is 1.89 bits per heavy atom. The molecule has 0 spiro atoms. The zero-order valence-electron chi connectivity index (χ0n) is 16.0. The number of nitrogens with zero attached hydrogens (tertiary/aromatic N) is 2. The van der Waals surface area contributed by atoms with Gasteiger partial charge in [-0.1, -0.05) is 19.9 Å². The lowest BCUT2D eigenvalue weighted by molar-refractivity contribution is 0.0697. The van der Waals surface area contributed by atoms with Gasteiger partial charge < -0.3 is 10.4 Å². The van der Waals surface area contributed by atoms with E-state index in [1.165, 1.54) is 4.88 Å². The summed E-state index contributed by atoms with van der Waals surface area (Å²) in [4.78, 5) is 23.0. The van der Waals surface area contributed by atoms with Crippen LogP contribution in [-0.4, -0.2) is 21.0 Å². The van der Waals surface area contributed by atoms with E-state index >= 15 is 0 Å². The van der Waals surface area contributed by atoms with Crippen molar-refractivity contribution in [2.75, 3.05) is 5.32 Å². The summed E-state index contributed by atoms with van der Waals surface area (Å²) in [6.45, 7) is 8.07. The summed E-state index contributed by atoms with van der Waals surface area (Å²) in [6, 6.07) is 10.8. The second kappa shape index (κ2) is 8.80. The number of anilines is 2. The monoisotopic (exact) mass is 393 g/mol. The predicted octanol–water partition coefficient (Wildman–Crippen LogP) is 5.50. The van der Waals surface area contributed by atoms with Crippen molar-refractivity contribution in [1.82, 2.24) is 9.97 Å². The van der Waals surface area contributed by atoms with Gasteiger partial charge in [0.05, 0.1) is 10.4 Å². The number of hydrogen-bond donors (Lipinski definition) is 2. The summed E-state index contributed by atoms with van der Waals surface area (Å²) in [5.41, 5.74) is 3.03. The topological polar surface area (TPSA) is 75.1 Å². The minimum atomic E-state index is -0.944. The summed E-state index contributed by atoms with van der Waals surface area (Å²) in [5.74, 6) is 0.496. The quantitative estimate of drug-likeness (QED) is 0.494. The van der Waals surface area contributed by atoms with Gasteiger partial charge in [0.1, 0.15) is 5.82 Å². The number of carboxylic acid groups (broad SMARTS) is 1. The smallest absolute Gasteiger partial charge is 0.335 e. The molecule has 3 aromatic rings. The summed E-state index contributed by atoms with van der Waals surface area (Å²) in [6.07, 6.45) is 4.28. The zero-order chi connectivity index (χ0) is 20.1. The van der Waals surface area contributed by atoms with Crippen LogP contribution in [0, 0.1) is 0 Å². The van der Waals surface area contributed by atoms with Crippen molar-refractivity contribution in [2.24, 2.45) is 0 Å². The van der Waals surface area contributed by atoms with Crippen LogP contribution in [0.4, 0.5) is 11.5 Å². The van der Waals surface area contributed by atoms with Gasteiger partial charge in [-0.2, -0.15) is 0 Å². The van der Waals surface area contributed by atoms with Crippen molar-refractivity contribution in [3.63, 3.8) is 0 Å². The Kier molecular flexibility index (Phi) is 6.21. The highest BCUT2D eigenvalue weighted by Crippen LogP contribution is 2.30. The van der Waals surface area contributed by atoms with Gasteiger partial charge in [0.25, 0.3) is 0 Å².